The number of benzene rings is 1. The zero-order valence-electron chi connectivity index (χ0n) is 18.8. The van der Waals surface area contributed by atoms with Crippen molar-refractivity contribution in [2.75, 3.05) is 69.4 Å². The first-order chi connectivity index (χ1) is 16.5. The number of rotatable bonds is 6. The fourth-order valence-electron chi connectivity index (χ4n) is 3.92. The van der Waals surface area contributed by atoms with Gasteiger partial charge >= 0.3 is 0 Å². The first-order valence-corrected chi connectivity index (χ1v) is 12.4. The van der Waals surface area contributed by atoms with Gasteiger partial charge in [0.2, 0.25) is 27.9 Å². The Morgan fingerprint density at radius 2 is 1.59 bits per heavy atom. The highest BCUT2D eigenvalue weighted by Crippen LogP contribution is 2.24. The minimum absolute atomic E-state index is 0.220. The molecule has 2 aliphatic rings. The molecule has 2 aliphatic heterocycles. The molecule has 34 heavy (non-hydrogen) atoms. The maximum Gasteiger partial charge on any atom is 0.243 e. The Bertz CT molecular complexity index is 1220. The van der Waals surface area contributed by atoms with Crippen LogP contribution in [0, 0.1) is 0 Å². The number of imidazole rings is 1. The normalized spacial score (nSPS) is 17.7. The summed E-state index contributed by atoms with van der Waals surface area (Å²) in [5.41, 5.74) is 0. The van der Waals surface area contributed by atoms with Crippen LogP contribution in [0.15, 0.2) is 47.9 Å². The first-order valence-electron chi connectivity index (χ1n) is 11.0. The van der Waals surface area contributed by atoms with Crippen LogP contribution in [0.25, 0.3) is 5.95 Å². The topological polar surface area (TPSA) is 119 Å². The number of piperazine rings is 1. The Morgan fingerprint density at radius 1 is 0.912 bits per heavy atom. The van der Waals surface area contributed by atoms with Crippen LogP contribution in [-0.4, -0.2) is 96.8 Å². The van der Waals surface area contributed by atoms with Gasteiger partial charge in [-0.1, -0.05) is 6.07 Å². The molecule has 180 valence electrons. The molecule has 12 nitrogen and oxygen atoms in total. The molecule has 0 unspecified atom stereocenters. The molecule has 0 aliphatic carbocycles. The minimum atomic E-state index is -3.63. The van der Waals surface area contributed by atoms with E-state index in [1.165, 1.54) is 11.4 Å². The van der Waals surface area contributed by atoms with E-state index in [4.69, 9.17) is 14.5 Å². The molecule has 4 heterocycles. The average molecular weight is 487 g/mol. The summed E-state index contributed by atoms with van der Waals surface area (Å²) in [5.74, 6) is 2.06. The SMILES string of the molecule is COc1cccc(S(=O)(=O)N2CCN(c3nc(N4CCOCC4)nc(-n4ccnc4)n3)CC2)c1. The number of aromatic nitrogens is 5. The molecule has 0 saturated carbocycles. The lowest BCUT2D eigenvalue weighted by atomic mass is 10.3. The minimum Gasteiger partial charge on any atom is -0.497 e. The van der Waals surface area contributed by atoms with E-state index in [0.717, 1.165) is 0 Å². The molecule has 2 fully saturated rings. The summed E-state index contributed by atoms with van der Waals surface area (Å²) in [7, 11) is -2.11. The lowest BCUT2D eigenvalue weighted by Gasteiger charge is -2.34. The average Bonchev–Trinajstić information content (AvgIpc) is 3.44. The van der Waals surface area contributed by atoms with Gasteiger partial charge in [-0.05, 0) is 12.1 Å². The number of sulfonamides is 1. The van der Waals surface area contributed by atoms with Crippen molar-refractivity contribution in [3.05, 3.63) is 43.0 Å². The summed E-state index contributed by atoms with van der Waals surface area (Å²) in [4.78, 5) is 22.4. The van der Waals surface area contributed by atoms with Crippen molar-refractivity contribution in [2.45, 2.75) is 4.90 Å². The Balaban J connectivity index is 1.37. The monoisotopic (exact) mass is 486 g/mol. The van der Waals surface area contributed by atoms with Crippen LogP contribution in [0.3, 0.4) is 0 Å². The predicted octanol–water partition coefficient (Wildman–Crippen LogP) is 0.413. The van der Waals surface area contributed by atoms with Crippen molar-refractivity contribution < 1.29 is 17.9 Å². The molecule has 0 spiro atoms. The molecular formula is C21H26N8O4S. The maximum atomic E-state index is 13.2. The van der Waals surface area contributed by atoms with E-state index in [9.17, 15) is 8.42 Å². The molecule has 0 atom stereocenters. The predicted molar refractivity (Wildman–Crippen MR) is 124 cm³/mol. The molecule has 0 amide bonds. The summed E-state index contributed by atoms with van der Waals surface area (Å²) < 4.78 is 40.2. The molecule has 2 saturated heterocycles. The summed E-state index contributed by atoms with van der Waals surface area (Å²) in [6.45, 7) is 4.17. The van der Waals surface area contributed by atoms with Crippen molar-refractivity contribution in [3.63, 3.8) is 0 Å². The third-order valence-corrected chi connectivity index (χ3v) is 7.72. The van der Waals surface area contributed by atoms with Gasteiger partial charge < -0.3 is 19.3 Å². The summed E-state index contributed by atoms with van der Waals surface area (Å²) in [6, 6.07) is 6.53. The quantitative estimate of drug-likeness (QED) is 0.485. The summed E-state index contributed by atoms with van der Waals surface area (Å²) >= 11 is 0. The zero-order chi connectivity index (χ0) is 23.5. The smallest absolute Gasteiger partial charge is 0.243 e. The van der Waals surface area contributed by atoms with Crippen molar-refractivity contribution >= 4 is 21.9 Å². The van der Waals surface area contributed by atoms with Crippen LogP contribution in [0.2, 0.25) is 0 Å². The van der Waals surface area contributed by atoms with Gasteiger partial charge in [-0.25, -0.2) is 13.4 Å². The van der Waals surface area contributed by atoms with Gasteiger partial charge in [0.1, 0.15) is 12.1 Å². The van der Waals surface area contributed by atoms with E-state index in [2.05, 4.69) is 19.9 Å². The number of nitrogens with zero attached hydrogens (tertiary/aromatic N) is 8. The van der Waals surface area contributed by atoms with E-state index in [0.29, 0.717) is 76.1 Å². The van der Waals surface area contributed by atoms with Crippen LogP contribution in [0.1, 0.15) is 0 Å². The first kappa shape index (κ1) is 22.5. The van der Waals surface area contributed by atoms with Crippen LogP contribution < -0.4 is 14.5 Å². The van der Waals surface area contributed by atoms with E-state index in [-0.39, 0.29) is 4.90 Å². The van der Waals surface area contributed by atoms with Gasteiger partial charge in [0.15, 0.2) is 0 Å². The van der Waals surface area contributed by atoms with Gasteiger partial charge in [-0.15, -0.1) is 0 Å². The molecule has 0 bridgehead atoms. The second kappa shape index (κ2) is 9.52. The summed E-state index contributed by atoms with van der Waals surface area (Å²) in [5, 5.41) is 0. The van der Waals surface area contributed by atoms with Crippen molar-refractivity contribution in [3.8, 4) is 11.7 Å². The van der Waals surface area contributed by atoms with E-state index < -0.39 is 10.0 Å². The number of anilines is 2. The van der Waals surface area contributed by atoms with Gasteiger partial charge in [-0.3, -0.25) is 4.57 Å². The van der Waals surface area contributed by atoms with Crippen LogP contribution in [0.5, 0.6) is 5.75 Å². The second-order valence-corrected chi connectivity index (χ2v) is 9.81. The second-order valence-electron chi connectivity index (χ2n) is 7.87. The largest absolute Gasteiger partial charge is 0.497 e. The van der Waals surface area contributed by atoms with Crippen molar-refractivity contribution in [2.24, 2.45) is 0 Å². The highest BCUT2D eigenvalue weighted by atomic mass is 32.2. The molecule has 1 aromatic carbocycles. The Labute approximate surface area is 197 Å². The van der Waals surface area contributed by atoms with E-state index in [1.54, 1.807) is 47.6 Å². The van der Waals surface area contributed by atoms with Gasteiger partial charge in [0.25, 0.3) is 0 Å². The molecule has 13 heteroatoms. The third-order valence-electron chi connectivity index (χ3n) is 5.83. The molecule has 3 aromatic rings. The number of methoxy groups -OCH3 is 1. The molecular weight excluding hydrogens is 460 g/mol. The van der Waals surface area contributed by atoms with Crippen molar-refractivity contribution in [1.29, 1.82) is 0 Å². The number of hydrogen-bond donors (Lipinski definition) is 0. The molecule has 0 radical (unpaired) electrons. The van der Waals surface area contributed by atoms with Crippen LogP contribution in [0.4, 0.5) is 11.9 Å². The lowest BCUT2D eigenvalue weighted by Crippen LogP contribution is -2.49. The Kier molecular flexibility index (Phi) is 6.30. The third kappa shape index (κ3) is 4.54. The van der Waals surface area contributed by atoms with Crippen LogP contribution in [-0.2, 0) is 14.8 Å². The highest BCUT2D eigenvalue weighted by Gasteiger charge is 2.30. The van der Waals surface area contributed by atoms with E-state index in [1.807, 2.05) is 4.90 Å². The number of hydrogen-bond acceptors (Lipinski definition) is 10. The number of morpholine rings is 1. The van der Waals surface area contributed by atoms with E-state index >= 15 is 0 Å². The zero-order valence-corrected chi connectivity index (χ0v) is 19.6. The fraction of sp³-hybridized carbons (Fsp3) is 0.429. The highest BCUT2D eigenvalue weighted by molar-refractivity contribution is 7.89. The van der Waals surface area contributed by atoms with Crippen molar-refractivity contribution in [1.82, 2.24) is 28.8 Å². The number of ether oxygens (including phenoxy) is 2. The lowest BCUT2D eigenvalue weighted by molar-refractivity contribution is 0.122. The Hall–Kier alpha value is -3.29. The molecule has 2 aromatic heterocycles. The molecule has 0 N–H and O–H groups in total. The van der Waals surface area contributed by atoms with Gasteiger partial charge in [0, 0.05) is 57.7 Å². The standard InChI is InChI=1S/C21H26N8O4S/c1-32-17-3-2-4-18(15-17)34(30,31)29-9-7-26(8-10-29)19-23-20(27-11-13-33-14-12-27)25-21(24-19)28-6-5-22-16-28/h2-6,15-16H,7-14H2,1H3. The summed E-state index contributed by atoms with van der Waals surface area (Å²) in [6.07, 6.45) is 5.09. The van der Waals surface area contributed by atoms with Gasteiger partial charge in [-0.2, -0.15) is 19.3 Å². The molecule has 5 rings (SSSR count). The van der Waals surface area contributed by atoms with Crippen LogP contribution >= 0.6 is 0 Å². The van der Waals surface area contributed by atoms with Gasteiger partial charge in [0.05, 0.1) is 25.2 Å². The fourth-order valence-corrected chi connectivity index (χ4v) is 5.38. The maximum absolute atomic E-state index is 13.2. The Morgan fingerprint density at radius 3 is 2.24 bits per heavy atom.